The van der Waals surface area contributed by atoms with Gasteiger partial charge in [0.05, 0.1) is 11.1 Å². The Morgan fingerprint density at radius 2 is 0.792 bits per heavy atom. The molecule has 1 aromatic rings. The summed E-state index contributed by atoms with van der Waals surface area (Å²) >= 11 is 0. The number of carbonyl (C=O) groups excluding carboxylic acids is 1. The van der Waals surface area contributed by atoms with Crippen LogP contribution in [0.25, 0.3) is 0 Å². The first-order chi connectivity index (χ1) is 23.6. The van der Waals surface area contributed by atoms with Crippen LogP contribution in [0.5, 0.6) is 0 Å². The molecule has 0 heterocycles. The first kappa shape index (κ1) is 43.7. The SMILES string of the molecule is CCCCCCCCC=CCCCCCCCCN(CCCCCCCCC=CCCCCCCCC)C(=O)c1ccccc1C(=O)O. The summed E-state index contributed by atoms with van der Waals surface area (Å²) in [6, 6.07) is 6.68. The molecule has 1 N–H and O–H groups in total. The van der Waals surface area contributed by atoms with Crippen molar-refractivity contribution >= 4 is 11.9 Å². The minimum atomic E-state index is -1.03. The van der Waals surface area contributed by atoms with E-state index >= 15 is 0 Å². The highest BCUT2D eigenvalue weighted by Crippen LogP contribution is 2.17. The Bertz CT molecular complexity index is 910. The fourth-order valence-corrected chi connectivity index (χ4v) is 6.44. The van der Waals surface area contributed by atoms with Crippen molar-refractivity contribution in [2.24, 2.45) is 0 Å². The monoisotopic (exact) mass is 666 g/mol. The van der Waals surface area contributed by atoms with Crippen molar-refractivity contribution < 1.29 is 14.7 Å². The van der Waals surface area contributed by atoms with Crippen LogP contribution < -0.4 is 0 Å². The Hall–Kier alpha value is -2.36. The van der Waals surface area contributed by atoms with Gasteiger partial charge in [0, 0.05) is 13.1 Å². The molecule has 0 aromatic heterocycles. The summed E-state index contributed by atoms with van der Waals surface area (Å²) < 4.78 is 0. The van der Waals surface area contributed by atoms with Gasteiger partial charge in [0.1, 0.15) is 0 Å². The molecular formula is C44H75NO3. The normalized spacial score (nSPS) is 11.6. The van der Waals surface area contributed by atoms with Crippen molar-refractivity contribution in [3.05, 3.63) is 59.7 Å². The summed E-state index contributed by atoms with van der Waals surface area (Å²) in [5.74, 6) is -1.16. The highest BCUT2D eigenvalue weighted by atomic mass is 16.4. The molecule has 0 radical (unpaired) electrons. The summed E-state index contributed by atoms with van der Waals surface area (Å²) in [6.45, 7) is 5.96. The smallest absolute Gasteiger partial charge is 0.336 e. The maximum atomic E-state index is 13.5. The van der Waals surface area contributed by atoms with Crippen LogP contribution in [0.4, 0.5) is 0 Å². The predicted octanol–water partition coefficient (Wildman–Crippen LogP) is 13.9. The molecule has 4 heteroatoms. The number of carboxylic acids is 1. The predicted molar refractivity (Wildman–Crippen MR) is 208 cm³/mol. The Morgan fingerprint density at radius 1 is 0.479 bits per heavy atom. The second kappa shape index (κ2) is 33.2. The molecule has 0 aliphatic carbocycles. The summed E-state index contributed by atoms with van der Waals surface area (Å²) in [6.07, 6.45) is 44.9. The van der Waals surface area contributed by atoms with Crippen LogP contribution in [-0.4, -0.2) is 35.0 Å². The lowest BCUT2D eigenvalue weighted by atomic mass is 10.0. The fraction of sp³-hybridized carbons (Fsp3) is 0.727. The number of amides is 1. The zero-order valence-corrected chi connectivity index (χ0v) is 31.5. The highest BCUT2D eigenvalue weighted by molar-refractivity contribution is 6.04. The van der Waals surface area contributed by atoms with Crippen LogP contribution >= 0.6 is 0 Å². The maximum Gasteiger partial charge on any atom is 0.336 e. The first-order valence-corrected chi connectivity index (χ1v) is 20.5. The van der Waals surface area contributed by atoms with Crippen LogP contribution in [0.15, 0.2) is 48.6 Å². The molecule has 274 valence electrons. The summed E-state index contributed by atoms with van der Waals surface area (Å²) in [4.78, 5) is 27.2. The molecule has 0 atom stereocenters. The van der Waals surface area contributed by atoms with E-state index in [1.165, 1.54) is 154 Å². The van der Waals surface area contributed by atoms with E-state index in [9.17, 15) is 14.7 Å². The summed E-state index contributed by atoms with van der Waals surface area (Å²) in [5.41, 5.74) is 0.425. The van der Waals surface area contributed by atoms with Gasteiger partial charge in [-0.25, -0.2) is 4.79 Å². The van der Waals surface area contributed by atoms with Gasteiger partial charge in [-0.3, -0.25) is 4.79 Å². The van der Waals surface area contributed by atoms with E-state index in [4.69, 9.17) is 0 Å². The number of nitrogens with zero attached hydrogens (tertiary/aromatic N) is 1. The second-order valence-corrected chi connectivity index (χ2v) is 14.0. The molecule has 0 bridgehead atoms. The number of rotatable bonds is 34. The van der Waals surface area contributed by atoms with Crippen molar-refractivity contribution in [3.8, 4) is 0 Å². The van der Waals surface area contributed by atoms with Gasteiger partial charge >= 0.3 is 5.97 Å². The lowest BCUT2D eigenvalue weighted by molar-refractivity contribution is 0.0673. The lowest BCUT2D eigenvalue weighted by Gasteiger charge is -2.23. The van der Waals surface area contributed by atoms with Crippen molar-refractivity contribution in [1.82, 2.24) is 4.90 Å². The van der Waals surface area contributed by atoms with Gasteiger partial charge in [-0.1, -0.05) is 166 Å². The van der Waals surface area contributed by atoms with Crippen molar-refractivity contribution in [2.45, 2.75) is 194 Å². The topological polar surface area (TPSA) is 57.6 Å². The van der Waals surface area contributed by atoms with Crippen molar-refractivity contribution in [2.75, 3.05) is 13.1 Å². The number of hydrogen-bond donors (Lipinski definition) is 1. The Labute approximate surface area is 297 Å². The molecule has 0 unspecified atom stereocenters. The number of allylic oxidation sites excluding steroid dienone is 4. The molecule has 4 nitrogen and oxygen atoms in total. The molecule has 0 aliphatic rings. The van der Waals surface area contributed by atoms with Gasteiger partial charge in [0.2, 0.25) is 0 Å². The molecule has 1 amide bonds. The Kier molecular flexibility index (Phi) is 30.2. The molecule has 0 spiro atoms. The molecular weight excluding hydrogens is 590 g/mol. The quantitative estimate of drug-likeness (QED) is 0.0589. The molecule has 1 aromatic carbocycles. The number of aromatic carboxylic acids is 1. The highest BCUT2D eigenvalue weighted by Gasteiger charge is 2.21. The van der Waals surface area contributed by atoms with E-state index < -0.39 is 5.97 Å². The molecule has 0 fully saturated rings. The molecule has 0 aliphatic heterocycles. The van der Waals surface area contributed by atoms with E-state index in [0.29, 0.717) is 18.7 Å². The third kappa shape index (κ3) is 24.7. The van der Waals surface area contributed by atoms with Crippen LogP contribution in [0.2, 0.25) is 0 Å². The largest absolute Gasteiger partial charge is 0.478 e. The van der Waals surface area contributed by atoms with E-state index in [2.05, 4.69) is 38.2 Å². The van der Waals surface area contributed by atoms with Crippen molar-refractivity contribution in [3.63, 3.8) is 0 Å². The van der Waals surface area contributed by atoms with Gasteiger partial charge < -0.3 is 10.0 Å². The second-order valence-electron chi connectivity index (χ2n) is 14.0. The zero-order valence-electron chi connectivity index (χ0n) is 31.5. The van der Waals surface area contributed by atoms with Gasteiger partial charge in [0.15, 0.2) is 0 Å². The number of hydrogen-bond acceptors (Lipinski definition) is 2. The van der Waals surface area contributed by atoms with Gasteiger partial charge in [-0.2, -0.15) is 0 Å². The first-order valence-electron chi connectivity index (χ1n) is 20.5. The Balaban J connectivity index is 2.27. The number of unbranched alkanes of at least 4 members (excludes halogenated alkanes) is 24. The molecule has 0 saturated carbocycles. The van der Waals surface area contributed by atoms with Gasteiger partial charge in [0.25, 0.3) is 5.91 Å². The van der Waals surface area contributed by atoms with Crippen LogP contribution in [-0.2, 0) is 0 Å². The fourth-order valence-electron chi connectivity index (χ4n) is 6.44. The minimum absolute atomic E-state index is 0.106. The van der Waals surface area contributed by atoms with Crippen LogP contribution in [0.1, 0.15) is 214 Å². The third-order valence-corrected chi connectivity index (χ3v) is 9.55. The van der Waals surface area contributed by atoms with Gasteiger partial charge in [-0.05, 0) is 76.3 Å². The average Bonchev–Trinajstić information content (AvgIpc) is 3.10. The van der Waals surface area contributed by atoms with E-state index in [-0.39, 0.29) is 11.5 Å². The van der Waals surface area contributed by atoms with Crippen LogP contribution in [0.3, 0.4) is 0 Å². The number of benzene rings is 1. The van der Waals surface area contributed by atoms with E-state index in [1.54, 1.807) is 24.3 Å². The van der Waals surface area contributed by atoms with Gasteiger partial charge in [-0.15, -0.1) is 0 Å². The summed E-state index contributed by atoms with van der Waals surface area (Å²) in [5, 5.41) is 9.67. The molecule has 0 saturated heterocycles. The number of carbonyl (C=O) groups is 2. The third-order valence-electron chi connectivity index (χ3n) is 9.55. The Morgan fingerprint density at radius 3 is 1.15 bits per heavy atom. The van der Waals surface area contributed by atoms with Crippen molar-refractivity contribution in [1.29, 1.82) is 0 Å². The average molecular weight is 666 g/mol. The van der Waals surface area contributed by atoms with E-state index in [0.717, 1.165) is 25.7 Å². The summed E-state index contributed by atoms with van der Waals surface area (Å²) in [7, 11) is 0. The number of carboxylic acid groups (broad SMARTS) is 1. The molecule has 1 rings (SSSR count). The standard InChI is InChI=1S/C44H75NO3/c1-3-5-7-9-11-13-15-17-19-21-23-25-27-29-31-35-39-45(43(46)41-37-33-34-38-42(41)44(47)48)40-36-32-30-28-26-24-22-20-18-16-14-12-10-8-6-4-2/h17-20,33-34,37-38H,3-16,21-32,35-36,39-40H2,1-2H3,(H,47,48). The van der Waals surface area contributed by atoms with E-state index in [1.807, 2.05) is 4.90 Å². The lowest BCUT2D eigenvalue weighted by Crippen LogP contribution is -2.34. The molecule has 48 heavy (non-hydrogen) atoms. The maximum absolute atomic E-state index is 13.5. The van der Waals surface area contributed by atoms with Crippen LogP contribution in [0, 0.1) is 0 Å². The minimum Gasteiger partial charge on any atom is -0.478 e. The zero-order chi connectivity index (χ0) is 34.8.